The van der Waals surface area contributed by atoms with E-state index in [2.05, 4.69) is 0 Å². The summed E-state index contributed by atoms with van der Waals surface area (Å²) in [7, 11) is 1.68. The van der Waals surface area contributed by atoms with Gasteiger partial charge in [-0.3, -0.25) is 9.59 Å². The molecule has 0 bridgehead atoms. The minimum atomic E-state index is -0.159. The van der Waals surface area contributed by atoms with Crippen LogP contribution in [-0.2, 0) is 9.59 Å². The summed E-state index contributed by atoms with van der Waals surface area (Å²) in [5.74, 6) is -0.184. The van der Waals surface area contributed by atoms with Crippen molar-refractivity contribution in [2.24, 2.45) is 0 Å². The van der Waals surface area contributed by atoms with Gasteiger partial charge in [-0.25, -0.2) is 0 Å². The van der Waals surface area contributed by atoms with E-state index in [1.54, 1.807) is 14.0 Å². The van der Waals surface area contributed by atoms with Crippen LogP contribution in [0.2, 0.25) is 0 Å². The number of benzene rings is 1. The van der Waals surface area contributed by atoms with E-state index in [0.29, 0.717) is 6.42 Å². The molecule has 1 aromatic rings. The normalized spacial score (nSPS) is 9.73. The summed E-state index contributed by atoms with van der Waals surface area (Å²) in [5, 5.41) is 0. The van der Waals surface area contributed by atoms with E-state index in [1.807, 2.05) is 30.3 Å². The lowest BCUT2D eigenvalue weighted by Gasteiger charge is -2.16. The van der Waals surface area contributed by atoms with Crippen molar-refractivity contribution in [3.05, 3.63) is 30.3 Å². The molecular weight excluding hydrogens is 190 g/mol. The van der Waals surface area contributed by atoms with Crippen LogP contribution in [-0.4, -0.2) is 18.7 Å². The highest BCUT2D eigenvalue weighted by atomic mass is 16.2. The third-order valence-corrected chi connectivity index (χ3v) is 2.26. The van der Waals surface area contributed by atoms with Crippen molar-refractivity contribution in [1.82, 2.24) is 0 Å². The molecule has 3 nitrogen and oxygen atoms in total. The predicted octanol–water partition coefficient (Wildman–Crippen LogP) is 2.02. The Kier molecular flexibility index (Phi) is 4.03. The van der Waals surface area contributed by atoms with E-state index >= 15 is 0 Å². The summed E-state index contributed by atoms with van der Waals surface area (Å²) < 4.78 is 0. The molecule has 0 aliphatic carbocycles. The van der Waals surface area contributed by atoms with Crippen LogP contribution < -0.4 is 4.90 Å². The van der Waals surface area contributed by atoms with Gasteiger partial charge in [-0.05, 0) is 12.1 Å². The number of amides is 1. The van der Waals surface area contributed by atoms with E-state index in [-0.39, 0.29) is 18.1 Å². The molecule has 1 aromatic carbocycles. The maximum atomic E-state index is 11.6. The molecule has 1 rings (SSSR count). The second kappa shape index (κ2) is 5.29. The number of carbonyl (C=O) groups is 2. The molecular formula is C12H15NO2. The van der Waals surface area contributed by atoms with Gasteiger partial charge in [0.1, 0.15) is 5.78 Å². The van der Waals surface area contributed by atoms with Crippen LogP contribution in [0.5, 0.6) is 0 Å². The van der Waals surface area contributed by atoms with Gasteiger partial charge < -0.3 is 4.90 Å². The Bertz CT molecular complexity index is 346. The topological polar surface area (TPSA) is 37.4 Å². The van der Waals surface area contributed by atoms with Gasteiger partial charge in [0.05, 0.1) is 6.42 Å². The van der Waals surface area contributed by atoms with Gasteiger partial charge in [-0.1, -0.05) is 25.1 Å². The first-order valence-electron chi connectivity index (χ1n) is 4.98. The first-order chi connectivity index (χ1) is 7.15. The molecule has 0 saturated heterocycles. The van der Waals surface area contributed by atoms with Crippen LogP contribution in [0, 0.1) is 0 Å². The first kappa shape index (κ1) is 11.4. The van der Waals surface area contributed by atoms with E-state index < -0.39 is 0 Å². The number of nitrogens with zero attached hydrogens (tertiary/aromatic N) is 1. The predicted molar refractivity (Wildman–Crippen MR) is 59.8 cm³/mol. The molecule has 0 aliphatic rings. The molecule has 0 radical (unpaired) electrons. The third-order valence-electron chi connectivity index (χ3n) is 2.26. The molecule has 0 spiro atoms. The van der Waals surface area contributed by atoms with E-state index in [9.17, 15) is 9.59 Å². The standard InChI is InChI=1S/C12H15NO2/c1-3-11(14)9-12(15)13(2)10-7-5-4-6-8-10/h4-8H,3,9H2,1-2H3. The maximum Gasteiger partial charge on any atom is 0.234 e. The molecule has 15 heavy (non-hydrogen) atoms. The highest BCUT2D eigenvalue weighted by Crippen LogP contribution is 2.12. The third kappa shape index (κ3) is 3.20. The molecule has 0 unspecified atom stereocenters. The van der Waals surface area contributed by atoms with Crippen molar-refractivity contribution in [3.63, 3.8) is 0 Å². The quantitative estimate of drug-likeness (QED) is 0.705. The van der Waals surface area contributed by atoms with Crippen molar-refractivity contribution in [3.8, 4) is 0 Å². The van der Waals surface area contributed by atoms with Gasteiger partial charge in [0.15, 0.2) is 0 Å². The van der Waals surface area contributed by atoms with E-state index in [0.717, 1.165) is 5.69 Å². The van der Waals surface area contributed by atoms with E-state index in [1.165, 1.54) is 4.90 Å². The van der Waals surface area contributed by atoms with Crippen LogP contribution in [0.4, 0.5) is 5.69 Å². The lowest BCUT2D eigenvalue weighted by atomic mass is 10.2. The zero-order valence-corrected chi connectivity index (χ0v) is 9.06. The fourth-order valence-corrected chi connectivity index (χ4v) is 1.21. The molecule has 0 heterocycles. The molecule has 1 amide bonds. The van der Waals surface area contributed by atoms with Crippen LogP contribution in [0.25, 0.3) is 0 Å². The van der Waals surface area contributed by atoms with Crippen molar-refractivity contribution < 1.29 is 9.59 Å². The lowest BCUT2D eigenvalue weighted by Crippen LogP contribution is -2.27. The number of Topliss-reactive ketones (excluding diaryl/α,β-unsaturated/α-hetero) is 1. The van der Waals surface area contributed by atoms with Gasteiger partial charge in [0.25, 0.3) is 0 Å². The van der Waals surface area contributed by atoms with Crippen LogP contribution in [0.3, 0.4) is 0 Å². The number of rotatable bonds is 4. The first-order valence-corrected chi connectivity index (χ1v) is 4.98. The molecule has 0 aliphatic heterocycles. The van der Waals surface area contributed by atoms with Crippen LogP contribution in [0.1, 0.15) is 19.8 Å². The molecule has 0 aromatic heterocycles. The Balaban J connectivity index is 2.65. The van der Waals surface area contributed by atoms with Crippen LogP contribution in [0.15, 0.2) is 30.3 Å². The second-order valence-electron chi connectivity index (χ2n) is 3.36. The average Bonchev–Trinajstić information content (AvgIpc) is 2.29. The van der Waals surface area contributed by atoms with Crippen molar-refractivity contribution >= 4 is 17.4 Å². The highest BCUT2D eigenvalue weighted by molar-refractivity contribution is 6.05. The molecule has 80 valence electrons. The fourth-order valence-electron chi connectivity index (χ4n) is 1.21. The van der Waals surface area contributed by atoms with Gasteiger partial charge in [-0.2, -0.15) is 0 Å². The number of carbonyl (C=O) groups excluding carboxylic acids is 2. The number of anilines is 1. The summed E-state index contributed by atoms with van der Waals surface area (Å²) in [6.45, 7) is 1.76. The molecule has 0 fully saturated rings. The molecule has 0 N–H and O–H groups in total. The Hall–Kier alpha value is -1.64. The lowest BCUT2D eigenvalue weighted by molar-refractivity contribution is -0.126. The molecule has 0 saturated carbocycles. The van der Waals surface area contributed by atoms with Crippen LogP contribution >= 0.6 is 0 Å². The number of hydrogen-bond donors (Lipinski definition) is 0. The van der Waals surface area contributed by atoms with Gasteiger partial charge in [-0.15, -0.1) is 0 Å². The smallest absolute Gasteiger partial charge is 0.234 e. The summed E-state index contributed by atoms with van der Waals surface area (Å²) in [6.07, 6.45) is 0.399. The molecule has 3 heteroatoms. The summed E-state index contributed by atoms with van der Waals surface area (Å²) in [4.78, 5) is 24.2. The number of para-hydroxylation sites is 1. The van der Waals surface area contributed by atoms with Crippen molar-refractivity contribution in [2.45, 2.75) is 19.8 Å². The monoisotopic (exact) mass is 205 g/mol. The Labute approximate surface area is 89.7 Å². The van der Waals surface area contributed by atoms with Crippen molar-refractivity contribution in [1.29, 1.82) is 0 Å². The summed E-state index contributed by atoms with van der Waals surface area (Å²) in [6, 6.07) is 9.29. The minimum Gasteiger partial charge on any atom is -0.315 e. The average molecular weight is 205 g/mol. The highest BCUT2D eigenvalue weighted by Gasteiger charge is 2.13. The SMILES string of the molecule is CCC(=O)CC(=O)N(C)c1ccccc1. The van der Waals surface area contributed by atoms with Crippen molar-refractivity contribution in [2.75, 3.05) is 11.9 Å². The molecule has 0 atom stereocenters. The second-order valence-corrected chi connectivity index (χ2v) is 3.36. The Morgan fingerprint density at radius 3 is 2.33 bits per heavy atom. The number of ketones is 1. The zero-order valence-electron chi connectivity index (χ0n) is 9.06. The van der Waals surface area contributed by atoms with Gasteiger partial charge in [0.2, 0.25) is 5.91 Å². The maximum absolute atomic E-state index is 11.6. The fraction of sp³-hybridized carbons (Fsp3) is 0.333. The zero-order chi connectivity index (χ0) is 11.3. The Morgan fingerprint density at radius 1 is 1.20 bits per heavy atom. The summed E-state index contributed by atoms with van der Waals surface area (Å²) in [5.41, 5.74) is 0.811. The Morgan fingerprint density at radius 2 is 1.80 bits per heavy atom. The number of hydrogen-bond acceptors (Lipinski definition) is 2. The minimum absolute atomic E-state index is 0.0120. The van der Waals surface area contributed by atoms with Gasteiger partial charge in [0, 0.05) is 19.2 Å². The van der Waals surface area contributed by atoms with E-state index in [4.69, 9.17) is 0 Å². The summed E-state index contributed by atoms with van der Waals surface area (Å²) >= 11 is 0. The van der Waals surface area contributed by atoms with Gasteiger partial charge >= 0.3 is 0 Å². The largest absolute Gasteiger partial charge is 0.315 e.